The fraction of sp³-hybridized carbons (Fsp3) is 0.158. The minimum absolute atomic E-state index is 0.0895. The van der Waals surface area contributed by atoms with E-state index in [0.29, 0.717) is 5.56 Å². The molecule has 0 saturated heterocycles. The zero-order valence-electron chi connectivity index (χ0n) is 14.4. The van der Waals surface area contributed by atoms with E-state index in [4.69, 9.17) is 4.74 Å². The van der Waals surface area contributed by atoms with Crippen LogP contribution in [-0.4, -0.2) is 29.2 Å². The second-order valence-electron chi connectivity index (χ2n) is 6.09. The molecule has 1 unspecified atom stereocenters. The number of benzene rings is 2. The average Bonchev–Trinajstić information content (AvgIpc) is 3.22. The highest BCUT2D eigenvalue weighted by Crippen LogP contribution is 2.40. The highest BCUT2D eigenvalue weighted by atomic mass is 19.1. The number of halogens is 2. The topological polar surface area (TPSA) is 68.2 Å². The highest BCUT2D eigenvalue weighted by Gasteiger charge is 2.31. The Morgan fingerprint density at radius 1 is 1.26 bits per heavy atom. The Hall–Kier alpha value is -3.42. The van der Waals surface area contributed by atoms with Gasteiger partial charge < -0.3 is 19.9 Å². The molecule has 3 aromatic rings. The lowest BCUT2D eigenvalue weighted by Crippen LogP contribution is -2.33. The molecule has 2 amide bonds. The number of hydrogen-bond acceptors (Lipinski definition) is 3. The van der Waals surface area contributed by atoms with Crippen molar-refractivity contribution in [2.75, 3.05) is 19.0 Å². The van der Waals surface area contributed by atoms with E-state index in [-0.39, 0.29) is 23.8 Å². The van der Waals surface area contributed by atoms with E-state index in [0.717, 1.165) is 17.3 Å². The molecule has 1 aromatic heterocycles. The summed E-state index contributed by atoms with van der Waals surface area (Å²) in [4.78, 5) is 16.3. The van der Waals surface area contributed by atoms with Crippen molar-refractivity contribution in [1.29, 1.82) is 0 Å². The molecule has 27 heavy (non-hydrogen) atoms. The molecule has 0 spiro atoms. The van der Waals surface area contributed by atoms with Crippen molar-refractivity contribution in [1.82, 2.24) is 14.9 Å². The van der Waals surface area contributed by atoms with Crippen molar-refractivity contribution in [2.24, 2.45) is 0 Å². The lowest BCUT2D eigenvalue weighted by Gasteiger charge is -2.16. The Bertz CT molecular complexity index is 1020. The number of rotatable bonds is 4. The van der Waals surface area contributed by atoms with Crippen LogP contribution in [0.15, 0.2) is 48.9 Å². The highest BCUT2D eigenvalue weighted by molar-refractivity contribution is 5.89. The summed E-state index contributed by atoms with van der Waals surface area (Å²) in [6.45, 7) is 0.155. The van der Waals surface area contributed by atoms with Crippen LogP contribution < -0.4 is 15.4 Å². The smallest absolute Gasteiger partial charge is 0.319 e. The first-order valence-corrected chi connectivity index (χ1v) is 8.27. The fourth-order valence-corrected chi connectivity index (χ4v) is 3.31. The first kappa shape index (κ1) is 17.0. The summed E-state index contributed by atoms with van der Waals surface area (Å²) in [6.07, 6.45) is 3.27. The molecule has 1 atom stereocenters. The molecule has 2 heterocycles. The van der Waals surface area contributed by atoms with Gasteiger partial charge in [-0.05, 0) is 18.2 Å². The van der Waals surface area contributed by atoms with Crippen LogP contribution in [0, 0.1) is 11.6 Å². The van der Waals surface area contributed by atoms with Crippen molar-refractivity contribution in [3.63, 3.8) is 0 Å². The average molecular weight is 370 g/mol. The van der Waals surface area contributed by atoms with Crippen LogP contribution in [0.3, 0.4) is 0 Å². The Balaban J connectivity index is 1.48. The summed E-state index contributed by atoms with van der Waals surface area (Å²) in [7, 11) is 1.36. The number of hydrogen-bond donors (Lipinski definition) is 2. The van der Waals surface area contributed by atoms with E-state index in [1.54, 1.807) is 18.6 Å². The third-order valence-corrected chi connectivity index (χ3v) is 4.53. The fourth-order valence-electron chi connectivity index (χ4n) is 3.31. The molecule has 6 nitrogen and oxygen atoms in total. The second-order valence-corrected chi connectivity index (χ2v) is 6.09. The minimum Gasteiger partial charge on any atom is -0.494 e. The molecule has 0 saturated carbocycles. The summed E-state index contributed by atoms with van der Waals surface area (Å²) in [6, 6.07) is 8.05. The predicted octanol–water partition coefficient (Wildman–Crippen LogP) is 3.56. The van der Waals surface area contributed by atoms with Crippen molar-refractivity contribution < 1.29 is 18.3 Å². The Labute approximate surface area is 153 Å². The van der Waals surface area contributed by atoms with Gasteiger partial charge in [0.25, 0.3) is 0 Å². The summed E-state index contributed by atoms with van der Waals surface area (Å²) < 4.78 is 34.7. The van der Waals surface area contributed by atoms with Gasteiger partial charge in [0.15, 0.2) is 11.6 Å². The second kappa shape index (κ2) is 6.71. The van der Waals surface area contributed by atoms with Crippen molar-refractivity contribution >= 4 is 11.7 Å². The summed E-state index contributed by atoms with van der Waals surface area (Å²) >= 11 is 0. The summed E-state index contributed by atoms with van der Waals surface area (Å²) in [5.41, 5.74) is 2.36. The number of carbonyl (C=O) groups is 1. The maximum Gasteiger partial charge on any atom is 0.319 e. The van der Waals surface area contributed by atoms with Gasteiger partial charge in [0.1, 0.15) is 5.82 Å². The van der Waals surface area contributed by atoms with Gasteiger partial charge >= 0.3 is 6.03 Å². The number of aromatic nitrogens is 2. The molecule has 4 rings (SSSR count). The first-order valence-electron chi connectivity index (χ1n) is 8.27. The van der Waals surface area contributed by atoms with Gasteiger partial charge in [0.05, 0.1) is 31.4 Å². The molecular weight excluding hydrogens is 354 g/mol. The van der Waals surface area contributed by atoms with Crippen molar-refractivity contribution in [3.8, 4) is 17.0 Å². The van der Waals surface area contributed by atoms with Gasteiger partial charge in [0.2, 0.25) is 0 Å². The molecule has 1 aliphatic rings. The van der Waals surface area contributed by atoms with Crippen LogP contribution >= 0.6 is 0 Å². The maximum absolute atomic E-state index is 14.4. The van der Waals surface area contributed by atoms with E-state index >= 15 is 0 Å². The molecule has 0 fully saturated rings. The lowest BCUT2D eigenvalue weighted by molar-refractivity contribution is 0.251. The molecule has 1 aliphatic heterocycles. The molecule has 8 heteroatoms. The van der Waals surface area contributed by atoms with E-state index in [1.807, 2.05) is 10.6 Å². The number of carbonyl (C=O) groups excluding carboxylic acids is 1. The monoisotopic (exact) mass is 370 g/mol. The zero-order valence-corrected chi connectivity index (χ0v) is 14.4. The predicted molar refractivity (Wildman–Crippen MR) is 95.7 cm³/mol. The molecule has 0 bridgehead atoms. The Morgan fingerprint density at radius 2 is 2.11 bits per heavy atom. The summed E-state index contributed by atoms with van der Waals surface area (Å²) in [5.74, 6) is -0.822. The number of amides is 2. The van der Waals surface area contributed by atoms with Crippen LogP contribution in [0.4, 0.5) is 19.3 Å². The van der Waals surface area contributed by atoms with Gasteiger partial charge in [0, 0.05) is 29.4 Å². The molecule has 0 radical (unpaired) electrons. The maximum atomic E-state index is 14.4. The normalized spacial score (nSPS) is 14.4. The molecule has 2 N–H and O–H groups in total. The standard InChI is InChI=1S/C19H16F2N4O2/c1-27-17-6-5-11(7-14(17)21)24-19(26)23-9-16-18-12(3-2-4-13(18)20)15-8-22-10-25(15)16/h2-8,10,16H,9H2,1H3,(H2,23,24,26). The number of anilines is 1. The van der Waals surface area contributed by atoms with Gasteiger partial charge in [-0.2, -0.15) is 0 Å². The van der Waals surface area contributed by atoms with Crippen molar-refractivity contribution in [2.45, 2.75) is 6.04 Å². The van der Waals surface area contributed by atoms with Gasteiger partial charge in [-0.3, -0.25) is 0 Å². The van der Waals surface area contributed by atoms with Gasteiger partial charge in [-0.1, -0.05) is 12.1 Å². The van der Waals surface area contributed by atoms with E-state index in [9.17, 15) is 13.6 Å². The number of nitrogens with zero attached hydrogens (tertiary/aromatic N) is 2. The molecule has 0 aliphatic carbocycles. The Morgan fingerprint density at radius 3 is 2.89 bits per heavy atom. The van der Waals surface area contributed by atoms with E-state index in [2.05, 4.69) is 15.6 Å². The van der Waals surface area contributed by atoms with Gasteiger partial charge in [-0.25, -0.2) is 18.6 Å². The largest absolute Gasteiger partial charge is 0.494 e. The van der Waals surface area contributed by atoms with E-state index in [1.165, 1.54) is 25.3 Å². The number of urea groups is 1. The molecular formula is C19H16F2N4O2. The Kier molecular flexibility index (Phi) is 4.23. The number of methoxy groups -OCH3 is 1. The number of imidazole rings is 1. The first-order chi connectivity index (χ1) is 13.1. The third kappa shape index (κ3) is 2.99. The quantitative estimate of drug-likeness (QED) is 0.738. The van der Waals surface area contributed by atoms with Gasteiger partial charge in [-0.15, -0.1) is 0 Å². The SMILES string of the molecule is COc1ccc(NC(=O)NCC2c3c(F)cccc3-c3cncn32)cc1F. The number of nitrogens with one attached hydrogen (secondary N) is 2. The third-order valence-electron chi connectivity index (χ3n) is 4.53. The van der Waals surface area contributed by atoms with Crippen LogP contribution in [0.2, 0.25) is 0 Å². The van der Waals surface area contributed by atoms with Crippen LogP contribution in [0.25, 0.3) is 11.3 Å². The molecule has 138 valence electrons. The minimum atomic E-state index is -0.579. The summed E-state index contributed by atoms with van der Waals surface area (Å²) in [5, 5.41) is 5.25. The van der Waals surface area contributed by atoms with Crippen LogP contribution in [0.5, 0.6) is 5.75 Å². The van der Waals surface area contributed by atoms with Crippen molar-refractivity contribution in [3.05, 3.63) is 66.1 Å². The van der Waals surface area contributed by atoms with E-state index < -0.39 is 17.9 Å². The number of ether oxygens (including phenoxy) is 1. The van der Waals surface area contributed by atoms with Crippen LogP contribution in [0.1, 0.15) is 11.6 Å². The lowest BCUT2D eigenvalue weighted by atomic mass is 10.0. The zero-order chi connectivity index (χ0) is 19.0. The van der Waals surface area contributed by atoms with Crippen LogP contribution in [-0.2, 0) is 0 Å². The number of fused-ring (bicyclic) bond motifs is 3. The molecule has 2 aromatic carbocycles.